The Labute approximate surface area is 75.4 Å². The van der Waals surface area contributed by atoms with Crippen LogP contribution in [0.2, 0.25) is 5.28 Å². The van der Waals surface area contributed by atoms with Gasteiger partial charge in [0, 0.05) is 23.2 Å². The largest absolute Gasteiger partial charge is 0.226 e. The normalized spacial score (nSPS) is 13.0. The van der Waals surface area contributed by atoms with Crippen LogP contribution < -0.4 is 0 Å². The SMILES string of the molecule is CSC(C)c1cnc(Cl)nc1. The summed E-state index contributed by atoms with van der Waals surface area (Å²) >= 11 is 7.29. The molecule has 4 heteroatoms. The van der Waals surface area contributed by atoms with Gasteiger partial charge in [0.25, 0.3) is 0 Å². The first-order valence-corrected chi connectivity index (χ1v) is 4.91. The lowest BCUT2D eigenvalue weighted by Crippen LogP contribution is -1.90. The van der Waals surface area contributed by atoms with Crippen LogP contribution in [0.15, 0.2) is 12.4 Å². The molecule has 1 heterocycles. The minimum Gasteiger partial charge on any atom is -0.226 e. The highest BCUT2D eigenvalue weighted by Crippen LogP contribution is 2.24. The molecule has 0 aliphatic carbocycles. The van der Waals surface area contributed by atoms with E-state index in [4.69, 9.17) is 11.6 Å². The monoisotopic (exact) mass is 188 g/mol. The lowest BCUT2D eigenvalue weighted by Gasteiger charge is -2.05. The minimum atomic E-state index is 0.307. The standard InChI is InChI=1S/C7H9ClN2S/c1-5(11-2)6-3-9-7(8)10-4-6/h3-5H,1-2H3. The summed E-state index contributed by atoms with van der Waals surface area (Å²) in [5.74, 6) is 0. The maximum absolute atomic E-state index is 5.53. The fourth-order valence-corrected chi connectivity index (χ4v) is 1.16. The average molecular weight is 189 g/mol. The molecule has 0 aliphatic heterocycles. The predicted molar refractivity (Wildman–Crippen MR) is 49.0 cm³/mol. The minimum absolute atomic E-state index is 0.307. The summed E-state index contributed by atoms with van der Waals surface area (Å²) in [6.07, 6.45) is 5.58. The lowest BCUT2D eigenvalue weighted by atomic mass is 10.3. The maximum Gasteiger partial charge on any atom is 0.222 e. The number of hydrogen-bond donors (Lipinski definition) is 0. The van der Waals surface area contributed by atoms with Gasteiger partial charge in [0.1, 0.15) is 0 Å². The van der Waals surface area contributed by atoms with Crippen LogP contribution in [-0.2, 0) is 0 Å². The summed E-state index contributed by atoms with van der Waals surface area (Å²) in [4.78, 5) is 7.78. The van der Waals surface area contributed by atoms with Gasteiger partial charge in [0.05, 0.1) is 0 Å². The van der Waals surface area contributed by atoms with Crippen molar-refractivity contribution < 1.29 is 0 Å². The lowest BCUT2D eigenvalue weighted by molar-refractivity contribution is 1.02. The molecule has 1 aromatic rings. The first kappa shape index (κ1) is 8.81. The average Bonchev–Trinajstić information content (AvgIpc) is 2.05. The Morgan fingerprint density at radius 1 is 1.45 bits per heavy atom. The Hall–Kier alpha value is -0.280. The topological polar surface area (TPSA) is 25.8 Å². The summed E-state index contributed by atoms with van der Waals surface area (Å²) < 4.78 is 0. The highest BCUT2D eigenvalue weighted by molar-refractivity contribution is 7.98. The molecular weight excluding hydrogens is 180 g/mol. The van der Waals surface area contributed by atoms with Gasteiger partial charge in [-0.15, -0.1) is 0 Å². The Morgan fingerprint density at radius 2 is 2.00 bits per heavy atom. The molecule has 0 saturated carbocycles. The van der Waals surface area contributed by atoms with Crippen LogP contribution in [0.25, 0.3) is 0 Å². The Morgan fingerprint density at radius 3 is 2.45 bits per heavy atom. The van der Waals surface area contributed by atoms with E-state index in [-0.39, 0.29) is 0 Å². The molecule has 0 N–H and O–H groups in total. The fourth-order valence-electron chi connectivity index (χ4n) is 0.668. The van der Waals surface area contributed by atoms with E-state index in [0.29, 0.717) is 10.5 Å². The van der Waals surface area contributed by atoms with Crippen molar-refractivity contribution in [1.29, 1.82) is 0 Å². The van der Waals surface area contributed by atoms with E-state index in [2.05, 4.69) is 23.1 Å². The Kier molecular flexibility index (Phi) is 3.15. The van der Waals surface area contributed by atoms with Crippen molar-refractivity contribution in [3.63, 3.8) is 0 Å². The van der Waals surface area contributed by atoms with Gasteiger partial charge < -0.3 is 0 Å². The van der Waals surface area contributed by atoms with E-state index in [1.807, 2.05) is 0 Å². The van der Waals surface area contributed by atoms with Gasteiger partial charge in [0.2, 0.25) is 5.28 Å². The number of aromatic nitrogens is 2. The fraction of sp³-hybridized carbons (Fsp3) is 0.429. The summed E-state index contributed by atoms with van der Waals surface area (Å²) in [5.41, 5.74) is 1.11. The van der Waals surface area contributed by atoms with Crippen LogP contribution in [0.1, 0.15) is 17.7 Å². The van der Waals surface area contributed by atoms with Gasteiger partial charge in [-0.1, -0.05) is 0 Å². The molecule has 1 rings (SSSR count). The number of nitrogens with zero attached hydrogens (tertiary/aromatic N) is 2. The van der Waals surface area contributed by atoms with E-state index < -0.39 is 0 Å². The Bertz CT molecular complexity index is 224. The number of thioether (sulfide) groups is 1. The zero-order chi connectivity index (χ0) is 8.27. The molecule has 0 aromatic carbocycles. The van der Waals surface area contributed by atoms with Crippen molar-refractivity contribution in [1.82, 2.24) is 9.97 Å². The molecule has 0 fully saturated rings. The van der Waals surface area contributed by atoms with Crippen LogP contribution in [0.5, 0.6) is 0 Å². The highest BCUT2D eigenvalue weighted by atomic mass is 35.5. The van der Waals surface area contributed by atoms with Crippen LogP contribution in [0.3, 0.4) is 0 Å². The quantitative estimate of drug-likeness (QED) is 0.668. The summed E-state index contributed by atoms with van der Waals surface area (Å²) in [6, 6.07) is 0. The van der Waals surface area contributed by atoms with Gasteiger partial charge in [-0.2, -0.15) is 11.8 Å². The van der Waals surface area contributed by atoms with Crippen molar-refractivity contribution in [3.8, 4) is 0 Å². The van der Waals surface area contributed by atoms with Crippen LogP contribution in [0, 0.1) is 0 Å². The summed E-state index contributed by atoms with van der Waals surface area (Å²) in [6.45, 7) is 2.11. The zero-order valence-electron chi connectivity index (χ0n) is 6.41. The molecule has 0 amide bonds. The van der Waals surface area contributed by atoms with Gasteiger partial charge in [-0.3, -0.25) is 0 Å². The third kappa shape index (κ3) is 2.34. The highest BCUT2D eigenvalue weighted by Gasteiger charge is 2.03. The summed E-state index contributed by atoms with van der Waals surface area (Å²) in [5, 5.41) is 0.745. The second-order valence-corrected chi connectivity index (χ2v) is 3.68. The second-order valence-electron chi connectivity index (χ2n) is 2.16. The molecule has 2 nitrogen and oxygen atoms in total. The molecule has 1 atom stereocenters. The first-order chi connectivity index (χ1) is 5.24. The second kappa shape index (κ2) is 3.93. The molecule has 60 valence electrons. The van der Waals surface area contributed by atoms with E-state index >= 15 is 0 Å². The van der Waals surface area contributed by atoms with Gasteiger partial charge in [0.15, 0.2) is 0 Å². The molecule has 11 heavy (non-hydrogen) atoms. The molecular formula is C7H9ClN2S. The number of hydrogen-bond acceptors (Lipinski definition) is 3. The van der Waals surface area contributed by atoms with Crippen molar-refractivity contribution in [2.45, 2.75) is 12.2 Å². The van der Waals surface area contributed by atoms with Crippen molar-refractivity contribution in [2.75, 3.05) is 6.26 Å². The first-order valence-electron chi connectivity index (χ1n) is 3.24. The van der Waals surface area contributed by atoms with E-state index in [1.165, 1.54) is 0 Å². The van der Waals surface area contributed by atoms with Crippen molar-refractivity contribution in [3.05, 3.63) is 23.2 Å². The molecule has 0 bridgehead atoms. The molecule has 0 radical (unpaired) electrons. The Balaban J connectivity index is 2.81. The van der Waals surface area contributed by atoms with Crippen LogP contribution in [-0.4, -0.2) is 16.2 Å². The maximum atomic E-state index is 5.53. The van der Waals surface area contributed by atoms with Gasteiger partial charge in [-0.25, -0.2) is 9.97 Å². The van der Waals surface area contributed by atoms with Crippen LogP contribution in [0.4, 0.5) is 0 Å². The number of rotatable bonds is 2. The van der Waals surface area contributed by atoms with Gasteiger partial charge in [-0.05, 0) is 24.8 Å². The van der Waals surface area contributed by atoms with Crippen molar-refractivity contribution in [2.24, 2.45) is 0 Å². The number of halogens is 1. The third-order valence-corrected chi connectivity index (χ3v) is 2.64. The molecule has 0 spiro atoms. The molecule has 0 aliphatic rings. The van der Waals surface area contributed by atoms with Crippen LogP contribution >= 0.6 is 23.4 Å². The molecule has 1 aromatic heterocycles. The third-order valence-electron chi connectivity index (χ3n) is 1.46. The smallest absolute Gasteiger partial charge is 0.222 e. The predicted octanol–water partition coefficient (Wildman–Crippen LogP) is 2.55. The molecule has 0 saturated heterocycles. The van der Waals surface area contributed by atoms with E-state index in [9.17, 15) is 0 Å². The van der Waals surface area contributed by atoms with E-state index in [1.54, 1.807) is 24.2 Å². The molecule has 1 unspecified atom stereocenters. The summed E-state index contributed by atoms with van der Waals surface area (Å²) in [7, 11) is 0. The van der Waals surface area contributed by atoms with Gasteiger partial charge >= 0.3 is 0 Å². The van der Waals surface area contributed by atoms with E-state index in [0.717, 1.165) is 5.56 Å². The van der Waals surface area contributed by atoms with Crippen molar-refractivity contribution >= 4 is 23.4 Å². The zero-order valence-corrected chi connectivity index (χ0v) is 7.99.